The number of nitrogens with two attached hydrogens (primary N) is 1. The zero-order chi connectivity index (χ0) is 12.1. The Bertz CT molecular complexity index is 380. The summed E-state index contributed by atoms with van der Waals surface area (Å²) in [4.78, 5) is 0. The summed E-state index contributed by atoms with van der Waals surface area (Å²) < 4.78 is 1.13. The van der Waals surface area contributed by atoms with Gasteiger partial charge in [-0.2, -0.15) is 0 Å². The number of hydrogen-bond acceptors (Lipinski definition) is 1. The topological polar surface area (TPSA) is 26.0 Å². The van der Waals surface area contributed by atoms with Crippen molar-refractivity contribution in [1.82, 2.24) is 0 Å². The minimum atomic E-state index is 0.203. The van der Waals surface area contributed by atoms with Gasteiger partial charge in [0, 0.05) is 10.5 Å². The number of hydrogen-bond donors (Lipinski definition) is 1. The van der Waals surface area contributed by atoms with Crippen molar-refractivity contribution >= 4 is 15.9 Å². The fourth-order valence-corrected chi connectivity index (χ4v) is 2.65. The Morgan fingerprint density at radius 1 is 1.12 bits per heavy atom. The molecule has 17 heavy (non-hydrogen) atoms. The van der Waals surface area contributed by atoms with E-state index in [9.17, 15) is 0 Å². The lowest BCUT2D eigenvalue weighted by molar-refractivity contribution is 0.672. The first-order valence-corrected chi connectivity index (χ1v) is 7.24. The van der Waals surface area contributed by atoms with E-state index in [1.807, 2.05) is 0 Å². The number of benzene rings is 1. The van der Waals surface area contributed by atoms with E-state index >= 15 is 0 Å². The molecule has 1 unspecified atom stereocenters. The van der Waals surface area contributed by atoms with Gasteiger partial charge in [-0.25, -0.2) is 0 Å². The maximum Gasteiger partial charge on any atom is 0.0294 e. The average molecular weight is 294 g/mol. The van der Waals surface area contributed by atoms with Gasteiger partial charge in [0.15, 0.2) is 0 Å². The summed E-state index contributed by atoms with van der Waals surface area (Å²) >= 11 is 3.46. The Balaban J connectivity index is 1.98. The summed E-state index contributed by atoms with van der Waals surface area (Å²) in [5.41, 5.74) is 9.10. The molecular weight excluding hydrogens is 274 g/mol. The van der Waals surface area contributed by atoms with Crippen molar-refractivity contribution in [3.63, 3.8) is 0 Å². The van der Waals surface area contributed by atoms with Gasteiger partial charge in [0.05, 0.1) is 0 Å². The van der Waals surface area contributed by atoms with Crippen molar-refractivity contribution in [1.29, 1.82) is 0 Å². The van der Waals surface area contributed by atoms with Crippen molar-refractivity contribution in [2.24, 2.45) is 5.73 Å². The second-order valence-electron chi connectivity index (χ2n) is 4.82. The molecule has 0 amide bonds. The molecule has 0 bridgehead atoms. The molecule has 1 atom stereocenters. The molecule has 0 saturated heterocycles. The third-order valence-electron chi connectivity index (χ3n) is 3.42. The van der Waals surface area contributed by atoms with E-state index in [-0.39, 0.29) is 6.04 Å². The van der Waals surface area contributed by atoms with Gasteiger partial charge in [-0.3, -0.25) is 0 Å². The lowest BCUT2D eigenvalue weighted by Gasteiger charge is -2.15. The minimum Gasteiger partial charge on any atom is -0.324 e. The third kappa shape index (κ3) is 3.97. The first kappa shape index (κ1) is 12.8. The summed E-state index contributed by atoms with van der Waals surface area (Å²) in [6.07, 6.45) is 9.72. The van der Waals surface area contributed by atoms with Crippen LogP contribution < -0.4 is 5.73 Å². The predicted molar refractivity (Wildman–Crippen MR) is 77.0 cm³/mol. The van der Waals surface area contributed by atoms with Gasteiger partial charge in [-0.1, -0.05) is 46.1 Å². The zero-order valence-electron chi connectivity index (χ0n) is 10.2. The van der Waals surface area contributed by atoms with Crippen molar-refractivity contribution in [2.75, 3.05) is 0 Å². The molecule has 1 aliphatic carbocycles. The van der Waals surface area contributed by atoms with E-state index in [2.05, 4.69) is 46.3 Å². The van der Waals surface area contributed by atoms with Crippen LogP contribution in [0.4, 0.5) is 0 Å². The van der Waals surface area contributed by atoms with Crippen molar-refractivity contribution < 1.29 is 0 Å². The molecule has 2 N–H and O–H groups in total. The highest BCUT2D eigenvalue weighted by Gasteiger charge is 2.11. The maximum atomic E-state index is 6.31. The Kier molecular flexibility index (Phi) is 4.81. The van der Waals surface area contributed by atoms with Crippen molar-refractivity contribution in [2.45, 2.75) is 44.6 Å². The van der Waals surface area contributed by atoms with E-state index in [1.54, 1.807) is 0 Å². The average Bonchev–Trinajstić information content (AvgIpc) is 2.61. The normalized spacial score (nSPS) is 18.4. The van der Waals surface area contributed by atoms with Crippen LogP contribution in [-0.2, 0) is 6.42 Å². The Labute approximate surface area is 112 Å². The van der Waals surface area contributed by atoms with Gasteiger partial charge in [0.25, 0.3) is 0 Å². The fraction of sp³-hybridized carbons (Fsp3) is 0.467. The number of halogens is 1. The second-order valence-corrected chi connectivity index (χ2v) is 5.73. The van der Waals surface area contributed by atoms with E-state index in [0.717, 1.165) is 10.9 Å². The smallest absolute Gasteiger partial charge is 0.0294 e. The molecule has 92 valence electrons. The van der Waals surface area contributed by atoms with Gasteiger partial charge in [0.1, 0.15) is 0 Å². The summed E-state index contributed by atoms with van der Waals surface area (Å²) in [5.74, 6) is 0. The molecule has 0 fully saturated rings. The monoisotopic (exact) mass is 293 g/mol. The summed E-state index contributed by atoms with van der Waals surface area (Å²) in [6, 6.07) is 8.68. The molecule has 0 heterocycles. The summed E-state index contributed by atoms with van der Waals surface area (Å²) in [7, 11) is 0. The van der Waals surface area contributed by atoms with Crippen LogP contribution in [0.15, 0.2) is 40.4 Å². The number of allylic oxidation sites excluding steroid dienone is 1. The molecule has 0 aliphatic heterocycles. The highest BCUT2D eigenvalue weighted by Crippen LogP contribution is 2.21. The van der Waals surface area contributed by atoms with E-state index < -0.39 is 0 Å². The Morgan fingerprint density at radius 3 is 2.65 bits per heavy atom. The molecule has 0 spiro atoms. The quantitative estimate of drug-likeness (QED) is 0.830. The molecule has 1 aromatic rings. The van der Waals surface area contributed by atoms with Crippen molar-refractivity contribution in [3.05, 3.63) is 46.0 Å². The summed E-state index contributed by atoms with van der Waals surface area (Å²) in [6.45, 7) is 0. The van der Waals surface area contributed by atoms with Crippen LogP contribution in [0.5, 0.6) is 0 Å². The molecule has 2 rings (SSSR count). The van der Waals surface area contributed by atoms with Crippen LogP contribution in [0, 0.1) is 0 Å². The standard InChI is InChI=1S/C15H20BrN/c16-14-9-7-12(8-10-14)11-15(17)13-5-3-1-2-4-6-13/h5,7-10,15H,1-4,6,11,17H2. The van der Waals surface area contributed by atoms with Gasteiger partial charge in [-0.15, -0.1) is 0 Å². The molecule has 1 nitrogen and oxygen atoms in total. The van der Waals surface area contributed by atoms with E-state index in [0.29, 0.717) is 0 Å². The van der Waals surface area contributed by atoms with E-state index in [4.69, 9.17) is 5.73 Å². The highest BCUT2D eigenvalue weighted by molar-refractivity contribution is 9.10. The predicted octanol–water partition coefficient (Wildman–Crippen LogP) is 4.21. The van der Waals surface area contributed by atoms with Gasteiger partial charge in [0.2, 0.25) is 0 Å². The molecule has 1 aromatic carbocycles. The summed E-state index contributed by atoms with van der Waals surface area (Å²) in [5, 5.41) is 0. The van der Waals surface area contributed by atoms with E-state index in [1.165, 1.54) is 43.2 Å². The fourth-order valence-electron chi connectivity index (χ4n) is 2.38. The van der Waals surface area contributed by atoms with Gasteiger partial charge < -0.3 is 5.73 Å². The molecule has 0 aromatic heterocycles. The third-order valence-corrected chi connectivity index (χ3v) is 3.95. The van der Waals surface area contributed by atoms with Gasteiger partial charge in [-0.05, 0) is 49.8 Å². The molecule has 0 saturated carbocycles. The molecule has 0 radical (unpaired) electrons. The van der Waals surface area contributed by atoms with Crippen LogP contribution in [0.25, 0.3) is 0 Å². The van der Waals surface area contributed by atoms with Crippen LogP contribution in [-0.4, -0.2) is 6.04 Å². The zero-order valence-corrected chi connectivity index (χ0v) is 11.7. The Hall–Kier alpha value is -0.600. The Morgan fingerprint density at radius 2 is 1.88 bits per heavy atom. The van der Waals surface area contributed by atoms with Crippen LogP contribution in [0.3, 0.4) is 0 Å². The SMILES string of the molecule is NC(Cc1ccc(Br)cc1)C1=CCCCCC1. The lowest BCUT2D eigenvalue weighted by Crippen LogP contribution is -2.25. The first-order valence-electron chi connectivity index (χ1n) is 6.44. The van der Waals surface area contributed by atoms with Crippen molar-refractivity contribution in [3.8, 4) is 0 Å². The minimum absolute atomic E-state index is 0.203. The number of rotatable bonds is 3. The van der Waals surface area contributed by atoms with Crippen LogP contribution >= 0.6 is 15.9 Å². The van der Waals surface area contributed by atoms with Crippen LogP contribution in [0.1, 0.15) is 37.7 Å². The molecule has 1 aliphatic rings. The first-order chi connectivity index (χ1) is 8.25. The van der Waals surface area contributed by atoms with Gasteiger partial charge >= 0.3 is 0 Å². The lowest BCUT2D eigenvalue weighted by atomic mass is 9.96. The highest BCUT2D eigenvalue weighted by atomic mass is 79.9. The molecular formula is C15H20BrN. The maximum absolute atomic E-state index is 6.31. The largest absolute Gasteiger partial charge is 0.324 e. The second kappa shape index (κ2) is 6.36. The molecule has 2 heteroatoms. The van der Waals surface area contributed by atoms with Crippen LogP contribution in [0.2, 0.25) is 0 Å².